The SMILES string of the molecule is CN(C)CCCN(C)S(=O)(=O)CCCCO. The molecule has 0 amide bonds. The highest BCUT2D eigenvalue weighted by molar-refractivity contribution is 7.89. The molecule has 1 N–H and O–H groups in total. The molecule has 0 aromatic carbocycles. The van der Waals surface area contributed by atoms with Crippen LogP contribution >= 0.6 is 0 Å². The molecule has 0 aromatic rings. The maximum Gasteiger partial charge on any atom is 0.213 e. The lowest BCUT2D eigenvalue weighted by Crippen LogP contribution is -2.31. The second-order valence-corrected chi connectivity index (χ2v) is 6.42. The van der Waals surface area contributed by atoms with Gasteiger partial charge < -0.3 is 10.0 Å². The van der Waals surface area contributed by atoms with E-state index in [2.05, 4.69) is 0 Å². The van der Waals surface area contributed by atoms with Crippen molar-refractivity contribution >= 4 is 10.0 Å². The third-order valence-corrected chi connectivity index (χ3v) is 4.30. The zero-order valence-corrected chi connectivity index (χ0v) is 11.3. The minimum atomic E-state index is -3.13. The number of nitrogens with zero attached hydrogens (tertiary/aromatic N) is 2. The lowest BCUT2D eigenvalue weighted by atomic mass is 10.4. The summed E-state index contributed by atoms with van der Waals surface area (Å²) in [5.74, 6) is 0.131. The number of sulfonamides is 1. The lowest BCUT2D eigenvalue weighted by molar-refractivity contribution is 0.287. The molecule has 0 aliphatic carbocycles. The topological polar surface area (TPSA) is 60.9 Å². The van der Waals surface area contributed by atoms with Crippen LogP contribution in [0.25, 0.3) is 0 Å². The lowest BCUT2D eigenvalue weighted by Gasteiger charge is -2.18. The predicted molar refractivity (Wildman–Crippen MR) is 65.9 cm³/mol. The molecule has 16 heavy (non-hydrogen) atoms. The van der Waals surface area contributed by atoms with Gasteiger partial charge in [0.25, 0.3) is 0 Å². The first-order valence-corrected chi connectivity index (χ1v) is 7.20. The van der Waals surface area contributed by atoms with Gasteiger partial charge in [0.05, 0.1) is 5.75 Å². The Kier molecular flexibility index (Phi) is 7.91. The molecule has 0 heterocycles. The molecule has 0 atom stereocenters. The molecular weight excluding hydrogens is 228 g/mol. The predicted octanol–water partition coefficient (Wildman–Crippen LogP) is -0.0278. The van der Waals surface area contributed by atoms with Crippen molar-refractivity contribution in [2.24, 2.45) is 0 Å². The average Bonchev–Trinajstić information content (AvgIpc) is 2.17. The molecule has 0 aliphatic rings. The van der Waals surface area contributed by atoms with Crippen LogP contribution < -0.4 is 0 Å². The van der Waals surface area contributed by atoms with Gasteiger partial charge in [-0.15, -0.1) is 0 Å². The Hall–Kier alpha value is -0.170. The Morgan fingerprint density at radius 1 is 1.00 bits per heavy atom. The zero-order valence-electron chi connectivity index (χ0n) is 10.5. The van der Waals surface area contributed by atoms with Crippen molar-refractivity contribution in [1.29, 1.82) is 0 Å². The Bertz CT molecular complexity index is 265. The molecular formula is C10H24N2O3S. The van der Waals surface area contributed by atoms with Crippen molar-refractivity contribution in [2.45, 2.75) is 19.3 Å². The number of hydrogen-bond acceptors (Lipinski definition) is 4. The summed E-state index contributed by atoms with van der Waals surface area (Å²) in [5, 5.41) is 8.59. The molecule has 0 fully saturated rings. The minimum Gasteiger partial charge on any atom is -0.396 e. The van der Waals surface area contributed by atoms with Gasteiger partial charge in [-0.1, -0.05) is 0 Å². The van der Waals surface area contributed by atoms with E-state index in [1.807, 2.05) is 19.0 Å². The summed E-state index contributed by atoms with van der Waals surface area (Å²) in [6.07, 6.45) is 1.91. The molecule has 0 rings (SSSR count). The van der Waals surface area contributed by atoms with Gasteiger partial charge in [0.15, 0.2) is 0 Å². The first-order valence-electron chi connectivity index (χ1n) is 5.59. The molecule has 0 saturated carbocycles. The first-order chi connectivity index (χ1) is 7.40. The van der Waals surface area contributed by atoms with Crippen molar-refractivity contribution in [2.75, 3.05) is 46.6 Å². The van der Waals surface area contributed by atoms with E-state index in [0.29, 0.717) is 19.4 Å². The normalized spacial score (nSPS) is 12.6. The van der Waals surface area contributed by atoms with Crippen LogP contribution in [0.2, 0.25) is 0 Å². The van der Waals surface area contributed by atoms with Gasteiger partial charge in [0.2, 0.25) is 10.0 Å². The quantitative estimate of drug-likeness (QED) is 0.586. The third kappa shape index (κ3) is 7.16. The van der Waals surface area contributed by atoms with Crippen LogP contribution in [-0.4, -0.2) is 69.3 Å². The van der Waals surface area contributed by atoms with E-state index in [1.54, 1.807) is 7.05 Å². The smallest absolute Gasteiger partial charge is 0.213 e. The van der Waals surface area contributed by atoms with Gasteiger partial charge in [-0.3, -0.25) is 0 Å². The van der Waals surface area contributed by atoms with E-state index >= 15 is 0 Å². The van der Waals surface area contributed by atoms with Crippen LogP contribution in [0.5, 0.6) is 0 Å². The number of aliphatic hydroxyl groups is 1. The van der Waals surface area contributed by atoms with Crippen LogP contribution in [-0.2, 0) is 10.0 Å². The fourth-order valence-electron chi connectivity index (χ4n) is 1.30. The van der Waals surface area contributed by atoms with Crippen LogP contribution in [0.3, 0.4) is 0 Å². The summed E-state index contributed by atoms with van der Waals surface area (Å²) in [7, 11) is 2.42. The van der Waals surface area contributed by atoms with Crippen molar-refractivity contribution in [3.05, 3.63) is 0 Å². The highest BCUT2D eigenvalue weighted by Gasteiger charge is 2.16. The van der Waals surface area contributed by atoms with E-state index in [1.165, 1.54) is 4.31 Å². The van der Waals surface area contributed by atoms with Crippen LogP contribution in [0.4, 0.5) is 0 Å². The molecule has 6 heteroatoms. The van der Waals surface area contributed by atoms with Gasteiger partial charge in [-0.05, 0) is 39.9 Å². The molecule has 0 aromatic heterocycles. The van der Waals surface area contributed by atoms with E-state index in [4.69, 9.17) is 5.11 Å². The zero-order chi connectivity index (χ0) is 12.6. The van der Waals surface area contributed by atoms with E-state index in [-0.39, 0.29) is 12.4 Å². The summed E-state index contributed by atoms with van der Waals surface area (Å²) in [5.41, 5.74) is 0. The molecule has 0 unspecified atom stereocenters. The minimum absolute atomic E-state index is 0.0554. The second-order valence-electron chi connectivity index (χ2n) is 4.23. The van der Waals surface area contributed by atoms with Crippen molar-refractivity contribution in [3.8, 4) is 0 Å². The molecule has 0 bridgehead atoms. The maximum absolute atomic E-state index is 11.7. The monoisotopic (exact) mass is 252 g/mol. The van der Waals surface area contributed by atoms with Gasteiger partial charge in [0, 0.05) is 20.2 Å². The van der Waals surface area contributed by atoms with Gasteiger partial charge in [0.1, 0.15) is 0 Å². The highest BCUT2D eigenvalue weighted by Crippen LogP contribution is 2.03. The van der Waals surface area contributed by atoms with Gasteiger partial charge >= 0.3 is 0 Å². The summed E-state index contributed by atoms with van der Waals surface area (Å²) < 4.78 is 24.8. The van der Waals surface area contributed by atoms with E-state index < -0.39 is 10.0 Å². The van der Waals surface area contributed by atoms with E-state index in [9.17, 15) is 8.42 Å². The number of aliphatic hydroxyl groups excluding tert-OH is 1. The van der Waals surface area contributed by atoms with Crippen LogP contribution in [0.15, 0.2) is 0 Å². The third-order valence-electron chi connectivity index (χ3n) is 2.36. The standard InChI is InChI=1S/C10H24N2O3S/c1-11(2)7-6-8-12(3)16(14,15)10-5-4-9-13/h13H,4-10H2,1-3H3. The van der Waals surface area contributed by atoms with Crippen LogP contribution in [0.1, 0.15) is 19.3 Å². The highest BCUT2D eigenvalue weighted by atomic mass is 32.2. The van der Waals surface area contributed by atoms with Crippen LogP contribution in [0, 0.1) is 0 Å². The summed E-state index contributed by atoms with van der Waals surface area (Å²) in [4.78, 5) is 2.03. The fourth-order valence-corrected chi connectivity index (χ4v) is 2.59. The van der Waals surface area contributed by atoms with Gasteiger partial charge in [-0.25, -0.2) is 12.7 Å². The van der Waals surface area contributed by atoms with E-state index in [0.717, 1.165) is 13.0 Å². The second kappa shape index (κ2) is 8.00. The first kappa shape index (κ1) is 15.8. The van der Waals surface area contributed by atoms with Crippen molar-refractivity contribution < 1.29 is 13.5 Å². The average molecular weight is 252 g/mol. The van der Waals surface area contributed by atoms with Crippen molar-refractivity contribution in [1.82, 2.24) is 9.21 Å². The summed E-state index contributed by atoms with van der Waals surface area (Å²) >= 11 is 0. The number of rotatable bonds is 9. The molecule has 0 aliphatic heterocycles. The number of hydrogen-bond donors (Lipinski definition) is 1. The molecule has 98 valence electrons. The molecule has 0 radical (unpaired) electrons. The molecule has 5 nitrogen and oxygen atoms in total. The van der Waals surface area contributed by atoms with Crippen molar-refractivity contribution in [3.63, 3.8) is 0 Å². The summed E-state index contributed by atoms with van der Waals surface area (Å²) in [6, 6.07) is 0. The fraction of sp³-hybridized carbons (Fsp3) is 1.00. The maximum atomic E-state index is 11.7. The number of unbranched alkanes of at least 4 members (excludes halogenated alkanes) is 1. The Morgan fingerprint density at radius 3 is 2.12 bits per heavy atom. The Balaban J connectivity index is 3.90. The molecule has 0 spiro atoms. The Labute approximate surface area is 99.1 Å². The Morgan fingerprint density at radius 2 is 1.62 bits per heavy atom. The largest absolute Gasteiger partial charge is 0.396 e. The molecule has 0 saturated heterocycles. The van der Waals surface area contributed by atoms with Gasteiger partial charge in [-0.2, -0.15) is 0 Å². The summed E-state index contributed by atoms with van der Waals surface area (Å²) in [6.45, 7) is 1.50.